The summed E-state index contributed by atoms with van der Waals surface area (Å²) in [5.41, 5.74) is 2.48. The molecule has 0 unspecified atom stereocenters. The molecule has 1 fully saturated rings. The number of aromatic nitrogens is 4. The van der Waals surface area contributed by atoms with Crippen LogP contribution in [0, 0.1) is 0 Å². The minimum Gasteiger partial charge on any atom is -0.356 e. The largest absolute Gasteiger partial charge is 0.356 e. The predicted octanol–water partition coefficient (Wildman–Crippen LogP) is 0.993. The second-order valence-electron chi connectivity index (χ2n) is 6.03. The predicted molar refractivity (Wildman–Crippen MR) is 88.3 cm³/mol. The Labute approximate surface area is 135 Å². The molecule has 2 aromatic rings. The van der Waals surface area contributed by atoms with Crippen molar-refractivity contribution in [3.63, 3.8) is 0 Å². The molecule has 120 valence electrons. The van der Waals surface area contributed by atoms with Crippen molar-refractivity contribution in [2.24, 2.45) is 0 Å². The van der Waals surface area contributed by atoms with Crippen LogP contribution in [0.4, 0.5) is 11.8 Å². The zero-order chi connectivity index (χ0) is 15.5. The van der Waals surface area contributed by atoms with Crippen molar-refractivity contribution < 1.29 is 0 Å². The van der Waals surface area contributed by atoms with Gasteiger partial charge in [-0.25, -0.2) is 19.9 Å². The highest BCUT2D eigenvalue weighted by Crippen LogP contribution is 2.26. The van der Waals surface area contributed by atoms with Crippen molar-refractivity contribution >= 4 is 11.8 Å². The third-order valence-electron chi connectivity index (χ3n) is 4.55. The molecule has 0 radical (unpaired) electrons. The number of piperidine rings is 1. The van der Waals surface area contributed by atoms with Crippen molar-refractivity contribution in [1.82, 2.24) is 25.3 Å². The summed E-state index contributed by atoms with van der Waals surface area (Å²) in [6.07, 6.45) is 8.38. The molecule has 0 spiro atoms. The van der Waals surface area contributed by atoms with Gasteiger partial charge in [-0.1, -0.05) is 0 Å². The molecule has 0 aliphatic carbocycles. The SMILES string of the molecule is c1cnc(NC2CCN(c3ncnc4c3CCNC4)CC2)nc1. The van der Waals surface area contributed by atoms with E-state index in [0.717, 1.165) is 62.9 Å². The van der Waals surface area contributed by atoms with Crippen LogP contribution in [-0.2, 0) is 13.0 Å². The highest BCUT2D eigenvalue weighted by Gasteiger charge is 2.24. The molecule has 23 heavy (non-hydrogen) atoms. The second-order valence-corrected chi connectivity index (χ2v) is 6.03. The van der Waals surface area contributed by atoms with Gasteiger partial charge in [0.2, 0.25) is 5.95 Å². The van der Waals surface area contributed by atoms with E-state index in [0.29, 0.717) is 6.04 Å². The first-order valence-corrected chi connectivity index (χ1v) is 8.22. The van der Waals surface area contributed by atoms with Gasteiger partial charge in [-0.05, 0) is 31.9 Å². The van der Waals surface area contributed by atoms with Crippen molar-refractivity contribution in [1.29, 1.82) is 0 Å². The first-order chi connectivity index (χ1) is 11.4. The molecular weight excluding hydrogens is 290 g/mol. The Morgan fingerprint density at radius 2 is 1.91 bits per heavy atom. The van der Waals surface area contributed by atoms with Crippen LogP contribution in [-0.4, -0.2) is 45.6 Å². The molecule has 2 aromatic heterocycles. The second kappa shape index (κ2) is 6.45. The van der Waals surface area contributed by atoms with E-state index in [4.69, 9.17) is 0 Å². The van der Waals surface area contributed by atoms with E-state index in [1.54, 1.807) is 18.7 Å². The zero-order valence-electron chi connectivity index (χ0n) is 13.1. The van der Waals surface area contributed by atoms with E-state index in [1.165, 1.54) is 5.56 Å². The summed E-state index contributed by atoms with van der Waals surface area (Å²) in [7, 11) is 0. The molecule has 7 nitrogen and oxygen atoms in total. The van der Waals surface area contributed by atoms with Gasteiger partial charge >= 0.3 is 0 Å². The maximum Gasteiger partial charge on any atom is 0.222 e. The van der Waals surface area contributed by atoms with Gasteiger partial charge in [0.1, 0.15) is 12.1 Å². The van der Waals surface area contributed by atoms with Gasteiger partial charge in [-0.2, -0.15) is 0 Å². The van der Waals surface area contributed by atoms with Crippen LogP contribution in [0.2, 0.25) is 0 Å². The van der Waals surface area contributed by atoms with Gasteiger partial charge < -0.3 is 15.5 Å². The third-order valence-corrected chi connectivity index (χ3v) is 4.55. The van der Waals surface area contributed by atoms with Crippen LogP contribution in [0.25, 0.3) is 0 Å². The van der Waals surface area contributed by atoms with Crippen molar-refractivity contribution in [2.75, 3.05) is 29.9 Å². The number of rotatable bonds is 3. The fourth-order valence-electron chi connectivity index (χ4n) is 3.33. The fraction of sp³-hybridized carbons (Fsp3) is 0.500. The maximum atomic E-state index is 4.57. The first kappa shape index (κ1) is 14.3. The molecule has 4 rings (SSSR count). The van der Waals surface area contributed by atoms with Gasteiger partial charge in [0.15, 0.2) is 0 Å². The lowest BCUT2D eigenvalue weighted by atomic mass is 10.0. The highest BCUT2D eigenvalue weighted by atomic mass is 15.2. The highest BCUT2D eigenvalue weighted by molar-refractivity contribution is 5.50. The van der Waals surface area contributed by atoms with Gasteiger partial charge in [0, 0.05) is 43.6 Å². The summed E-state index contributed by atoms with van der Waals surface area (Å²) in [6, 6.07) is 2.26. The Morgan fingerprint density at radius 3 is 2.74 bits per heavy atom. The molecule has 0 aromatic carbocycles. The minimum absolute atomic E-state index is 0.424. The van der Waals surface area contributed by atoms with Crippen LogP contribution in [0.3, 0.4) is 0 Å². The molecule has 0 saturated carbocycles. The van der Waals surface area contributed by atoms with Crippen molar-refractivity contribution in [3.05, 3.63) is 36.0 Å². The lowest BCUT2D eigenvalue weighted by Crippen LogP contribution is -2.41. The monoisotopic (exact) mass is 311 g/mol. The Balaban J connectivity index is 1.42. The van der Waals surface area contributed by atoms with E-state index in [2.05, 4.69) is 35.5 Å². The van der Waals surface area contributed by atoms with Gasteiger partial charge in [-0.3, -0.25) is 0 Å². The van der Waals surface area contributed by atoms with E-state index >= 15 is 0 Å². The molecule has 2 N–H and O–H groups in total. The Morgan fingerprint density at radius 1 is 1.09 bits per heavy atom. The lowest BCUT2D eigenvalue weighted by Gasteiger charge is -2.35. The number of fused-ring (bicyclic) bond motifs is 1. The molecule has 4 heterocycles. The molecule has 7 heteroatoms. The smallest absolute Gasteiger partial charge is 0.222 e. The topological polar surface area (TPSA) is 78.9 Å². The molecule has 1 saturated heterocycles. The Bertz CT molecular complexity index is 653. The Kier molecular flexibility index (Phi) is 4.02. The number of hydrogen-bond donors (Lipinski definition) is 2. The molecular formula is C16H21N7. The number of anilines is 2. The van der Waals surface area contributed by atoms with E-state index in [-0.39, 0.29) is 0 Å². The van der Waals surface area contributed by atoms with Crippen molar-refractivity contribution in [2.45, 2.75) is 31.8 Å². The fourth-order valence-corrected chi connectivity index (χ4v) is 3.33. The Hall–Kier alpha value is -2.28. The summed E-state index contributed by atoms with van der Waals surface area (Å²) < 4.78 is 0. The van der Waals surface area contributed by atoms with Crippen LogP contribution in [0.1, 0.15) is 24.1 Å². The first-order valence-electron chi connectivity index (χ1n) is 8.22. The van der Waals surface area contributed by atoms with Crippen LogP contribution < -0.4 is 15.5 Å². The van der Waals surface area contributed by atoms with Crippen LogP contribution in [0.15, 0.2) is 24.8 Å². The van der Waals surface area contributed by atoms with Gasteiger partial charge in [0.25, 0.3) is 0 Å². The minimum atomic E-state index is 0.424. The van der Waals surface area contributed by atoms with E-state index in [9.17, 15) is 0 Å². The summed E-state index contributed by atoms with van der Waals surface area (Å²) >= 11 is 0. The average molecular weight is 311 g/mol. The molecule has 2 aliphatic heterocycles. The van der Waals surface area contributed by atoms with Gasteiger partial charge in [0.05, 0.1) is 5.69 Å². The van der Waals surface area contributed by atoms with Crippen LogP contribution in [0.5, 0.6) is 0 Å². The number of hydrogen-bond acceptors (Lipinski definition) is 7. The van der Waals surface area contributed by atoms with Crippen molar-refractivity contribution in [3.8, 4) is 0 Å². The number of nitrogens with zero attached hydrogens (tertiary/aromatic N) is 5. The molecule has 0 amide bonds. The third kappa shape index (κ3) is 3.10. The number of nitrogens with one attached hydrogen (secondary N) is 2. The molecule has 0 bridgehead atoms. The molecule has 0 atom stereocenters. The standard InChI is InChI=1S/C16H21N7/c1-5-18-16(19-6-1)22-12-3-8-23(9-4-12)15-13-2-7-17-10-14(13)20-11-21-15/h1,5-6,11-12,17H,2-4,7-10H2,(H,18,19,22). The average Bonchev–Trinajstić information content (AvgIpc) is 2.63. The van der Waals surface area contributed by atoms with Crippen LogP contribution >= 0.6 is 0 Å². The summed E-state index contributed by atoms with van der Waals surface area (Å²) in [4.78, 5) is 19.9. The quantitative estimate of drug-likeness (QED) is 0.875. The summed E-state index contributed by atoms with van der Waals surface area (Å²) in [5, 5.41) is 6.80. The lowest BCUT2D eigenvalue weighted by molar-refractivity contribution is 0.516. The van der Waals surface area contributed by atoms with Gasteiger partial charge in [-0.15, -0.1) is 0 Å². The summed E-state index contributed by atoms with van der Waals surface area (Å²) in [5.74, 6) is 1.85. The maximum absolute atomic E-state index is 4.57. The zero-order valence-corrected chi connectivity index (χ0v) is 13.1. The summed E-state index contributed by atoms with van der Waals surface area (Å²) in [6.45, 7) is 3.87. The molecule has 2 aliphatic rings. The van der Waals surface area contributed by atoms with E-state index < -0.39 is 0 Å². The van der Waals surface area contributed by atoms with E-state index in [1.807, 2.05) is 6.07 Å². The normalized spacial score (nSPS) is 18.5.